The fourth-order valence-electron chi connectivity index (χ4n) is 1.87. The van der Waals surface area contributed by atoms with E-state index in [9.17, 15) is 13.2 Å². The molecule has 0 aliphatic heterocycles. The predicted molar refractivity (Wildman–Crippen MR) is 102 cm³/mol. The van der Waals surface area contributed by atoms with Gasteiger partial charge < -0.3 is 0 Å². The third-order valence-electron chi connectivity index (χ3n) is 3.08. The Morgan fingerprint density at radius 3 is 2.38 bits per heavy atom. The molecule has 0 fully saturated rings. The summed E-state index contributed by atoms with van der Waals surface area (Å²) in [6, 6.07) is 12.6. The summed E-state index contributed by atoms with van der Waals surface area (Å²) >= 11 is 12.4. The molecule has 0 saturated heterocycles. The third-order valence-corrected chi connectivity index (χ3v) is 6.23. The molecule has 0 saturated carbocycles. The first-order chi connectivity index (χ1) is 12.3. The van der Waals surface area contributed by atoms with Gasteiger partial charge in [-0.2, -0.15) is 8.42 Å². The highest BCUT2D eigenvalue weighted by Crippen LogP contribution is 2.26. The lowest BCUT2D eigenvalue weighted by Gasteiger charge is -2.06. The van der Waals surface area contributed by atoms with E-state index in [1.807, 2.05) is 0 Å². The molecule has 0 atom stereocenters. The van der Waals surface area contributed by atoms with Crippen molar-refractivity contribution in [2.75, 3.05) is 10.0 Å². The molecule has 2 N–H and O–H groups in total. The zero-order valence-corrected chi connectivity index (χ0v) is 16.0. The number of nitrogens with one attached hydrogen (secondary N) is 2. The minimum Gasteiger partial charge on any atom is -0.296 e. The molecule has 1 heterocycles. The van der Waals surface area contributed by atoms with Gasteiger partial charge in [0.1, 0.15) is 0 Å². The van der Waals surface area contributed by atoms with Gasteiger partial charge in [0.15, 0.2) is 0 Å². The molecule has 7 nitrogen and oxygen atoms in total. The quantitative estimate of drug-likeness (QED) is 0.600. The van der Waals surface area contributed by atoms with Crippen LogP contribution in [0.2, 0.25) is 10.0 Å². The number of amides is 1. The van der Waals surface area contributed by atoms with Crippen LogP contribution in [0.25, 0.3) is 0 Å². The number of aromatic nitrogens is 2. The lowest BCUT2D eigenvalue weighted by atomic mass is 10.2. The summed E-state index contributed by atoms with van der Waals surface area (Å²) in [5.41, 5.74) is 0.569. The molecule has 1 aromatic heterocycles. The zero-order chi connectivity index (χ0) is 18.7. The number of carbonyl (C=O) groups excluding carboxylic acids is 1. The number of halogens is 2. The topological polar surface area (TPSA) is 101 Å². The number of rotatable bonds is 5. The maximum Gasteiger partial charge on any atom is 0.291 e. The van der Waals surface area contributed by atoms with E-state index >= 15 is 0 Å². The Morgan fingerprint density at radius 1 is 1.00 bits per heavy atom. The van der Waals surface area contributed by atoms with Crippen LogP contribution in [0.1, 0.15) is 10.4 Å². The summed E-state index contributed by atoms with van der Waals surface area (Å²) in [5, 5.41) is 10.6. The summed E-state index contributed by atoms with van der Waals surface area (Å²) in [6.45, 7) is 0. The van der Waals surface area contributed by atoms with E-state index < -0.39 is 15.9 Å². The highest BCUT2D eigenvalue weighted by Gasteiger charge is 2.22. The molecular weight excluding hydrogens is 419 g/mol. The molecule has 3 aromatic rings. The highest BCUT2D eigenvalue weighted by atomic mass is 35.5. The second-order valence-electron chi connectivity index (χ2n) is 4.92. The van der Waals surface area contributed by atoms with E-state index in [1.165, 1.54) is 18.2 Å². The monoisotopic (exact) mass is 428 g/mol. The van der Waals surface area contributed by atoms with Gasteiger partial charge in [0.25, 0.3) is 20.3 Å². The average molecular weight is 429 g/mol. The summed E-state index contributed by atoms with van der Waals surface area (Å²) in [4.78, 5) is 12.1. The summed E-state index contributed by atoms with van der Waals surface area (Å²) in [7, 11) is -3.98. The highest BCUT2D eigenvalue weighted by molar-refractivity contribution is 7.94. The number of carbonyl (C=O) groups is 1. The lowest BCUT2D eigenvalue weighted by Crippen LogP contribution is -2.13. The van der Waals surface area contributed by atoms with Gasteiger partial charge in [-0.25, -0.2) is 0 Å². The zero-order valence-electron chi connectivity index (χ0n) is 12.8. The van der Waals surface area contributed by atoms with Gasteiger partial charge in [-0.05, 0) is 36.4 Å². The SMILES string of the molecule is O=C(Nc1nnc(S(=O)(=O)Nc2ccccc2Cl)s1)c1ccc(Cl)cc1. The smallest absolute Gasteiger partial charge is 0.291 e. The van der Waals surface area contributed by atoms with Crippen LogP contribution in [0.5, 0.6) is 0 Å². The molecule has 0 bridgehead atoms. The van der Waals surface area contributed by atoms with Crippen LogP contribution in [0.4, 0.5) is 10.8 Å². The maximum atomic E-state index is 12.4. The minimum atomic E-state index is -3.98. The van der Waals surface area contributed by atoms with Gasteiger partial charge in [0.05, 0.1) is 10.7 Å². The molecule has 26 heavy (non-hydrogen) atoms. The third kappa shape index (κ3) is 4.31. The normalized spacial score (nSPS) is 11.2. The number of nitrogens with zero attached hydrogens (tertiary/aromatic N) is 2. The van der Waals surface area contributed by atoms with E-state index in [-0.39, 0.29) is 20.2 Å². The Labute approximate surface area is 163 Å². The van der Waals surface area contributed by atoms with Gasteiger partial charge >= 0.3 is 0 Å². The van der Waals surface area contributed by atoms with E-state index in [0.29, 0.717) is 10.6 Å². The Morgan fingerprint density at radius 2 is 1.69 bits per heavy atom. The van der Waals surface area contributed by atoms with Crippen LogP contribution in [-0.2, 0) is 10.0 Å². The van der Waals surface area contributed by atoms with Crippen molar-refractivity contribution in [1.29, 1.82) is 0 Å². The van der Waals surface area contributed by atoms with Crippen molar-refractivity contribution in [3.8, 4) is 0 Å². The van der Waals surface area contributed by atoms with Crippen molar-refractivity contribution >= 4 is 61.3 Å². The van der Waals surface area contributed by atoms with Crippen LogP contribution in [0, 0.1) is 0 Å². The maximum absolute atomic E-state index is 12.4. The van der Waals surface area contributed by atoms with Crippen molar-refractivity contribution in [2.24, 2.45) is 0 Å². The molecule has 2 aromatic carbocycles. The number of hydrogen-bond acceptors (Lipinski definition) is 6. The first-order valence-corrected chi connectivity index (χ1v) is 10.1. The van der Waals surface area contributed by atoms with Crippen molar-refractivity contribution in [3.63, 3.8) is 0 Å². The molecule has 1 amide bonds. The van der Waals surface area contributed by atoms with Gasteiger partial charge in [-0.3, -0.25) is 14.8 Å². The largest absolute Gasteiger partial charge is 0.296 e. The van der Waals surface area contributed by atoms with Crippen LogP contribution in [0.3, 0.4) is 0 Å². The minimum absolute atomic E-state index is 0.0458. The van der Waals surface area contributed by atoms with Crippen molar-refractivity contribution < 1.29 is 13.2 Å². The molecule has 3 rings (SSSR count). The molecule has 134 valence electrons. The van der Waals surface area contributed by atoms with Crippen molar-refractivity contribution in [3.05, 3.63) is 64.1 Å². The average Bonchev–Trinajstić information content (AvgIpc) is 3.07. The first-order valence-electron chi connectivity index (χ1n) is 7.03. The molecule has 0 spiro atoms. The number of benzene rings is 2. The molecule has 0 unspecified atom stereocenters. The Balaban J connectivity index is 1.75. The molecule has 0 aliphatic carbocycles. The lowest BCUT2D eigenvalue weighted by molar-refractivity contribution is 0.102. The molecular formula is C15H10Cl2N4O3S2. The van der Waals surface area contributed by atoms with Gasteiger partial charge in [-0.15, -0.1) is 10.2 Å². The number of sulfonamides is 1. The molecule has 0 aliphatic rings. The van der Waals surface area contributed by atoms with Gasteiger partial charge in [0.2, 0.25) is 5.13 Å². The second-order valence-corrected chi connectivity index (χ2v) is 8.60. The summed E-state index contributed by atoms with van der Waals surface area (Å²) in [6.07, 6.45) is 0. The number of hydrogen-bond donors (Lipinski definition) is 2. The van der Waals surface area contributed by atoms with Crippen LogP contribution < -0.4 is 10.0 Å². The van der Waals surface area contributed by atoms with Crippen molar-refractivity contribution in [2.45, 2.75) is 4.34 Å². The summed E-state index contributed by atoms with van der Waals surface area (Å²) in [5.74, 6) is -0.458. The number of para-hydroxylation sites is 1. The second kappa shape index (κ2) is 7.58. The Kier molecular flexibility index (Phi) is 5.42. The van der Waals surface area contributed by atoms with Crippen LogP contribution in [0.15, 0.2) is 52.9 Å². The molecule has 0 radical (unpaired) electrons. The van der Waals surface area contributed by atoms with Gasteiger partial charge in [0, 0.05) is 10.6 Å². The van der Waals surface area contributed by atoms with E-state index in [0.717, 1.165) is 11.3 Å². The fourth-order valence-corrected chi connectivity index (χ4v) is 4.21. The predicted octanol–water partition coefficient (Wildman–Crippen LogP) is 3.90. The van der Waals surface area contributed by atoms with E-state index in [1.54, 1.807) is 30.3 Å². The van der Waals surface area contributed by atoms with Crippen LogP contribution in [-0.4, -0.2) is 24.5 Å². The Hall–Kier alpha value is -2.20. The standard InChI is InChI=1S/C15H10Cl2N4O3S2/c16-10-7-5-9(6-8-10)13(22)18-14-19-20-15(25-14)26(23,24)21-12-4-2-1-3-11(12)17/h1-8,21H,(H,18,19,22). The molecule has 11 heteroatoms. The first kappa shape index (κ1) is 18.6. The van der Waals surface area contributed by atoms with Crippen LogP contribution >= 0.6 is 34.5 Å². The summed E-state index contributed by atoms with van der Waals surface area (Å²) < 4.78 is 26.8. The van der Waals surface area contributed by atoms with E-state index in [4.69, 9.17) is 23.2 Å². The Bertz CT molecular complexity index is 1050. The number of anilines is 2. The fraction of sp³-hybridized carbons (Fsp3) is 0. The van der Waals surface area contributed by atoms with Gasteiger partial charge in [-0.1, -0.05) is 46.7 Å². The van der Waals surface area contributed by atoms with E-state index in [2.05, 4.69) is 20.2 Å². The van der Waals surface area contributed by atoms with Crippen molar-refractivity contribution in [1.82, 2.24) is 10.2 Å².